The number of hydrogen-bond acceptors (Lipinski definition) is 3. The molecule has 0 saturated carbocycles. The number of para-hydroxylation sites is 1. The second-order valence-electron chi connectivity index (χ2n) is 8.61. The maximum absolute atomic E-state index is 13.4. The van der Waals surface area contributed by atoms with Crippen LogP contribution in [-0.2, 0) is 19.4 Å². The van der Waals surface area contributed by atoms with Crippen molar-refractivity contribution in [3.8, 4) is 16.8 Å². The third kappa shape index (κ3) is 5.00. The van der Waals surface area contributed by atoms with Crippen molar-refractivity contribution >= 4 is 11.9 Å². The molecule has 0 atom stereocenters. The molecule has 36 heavy (non-hydrogen) atoms. The van der Waals surface area contributed by atoms with Gasteiger partial charge in [-0.3, -0.25) is 9.13 Å². The number of nitrogens with zero attached hydrogens (tertiary/aromatic N) is 2. The summed E-state index contributed by atoms with van der Waals surface area (Å²) >= 11 is 0. The van der Waals surface area contributed by atoms with E-state index in [1.54, 1.807) is 53.1 Å². The number of imidazole rings is 1. The summed E-state index contributed by atoms with van der Waals surface area (Å²) in [5.41, 5.74) is 3.34. The molecule has 0 fully saturated rings. The third-order valence-corrected chi connectivity index (χ3v) is 6.28. The highest BCUT2D eigenvalue weighted by atomic mass is 16.4. The van der Waals surface area contributed by atoms with Crippen LogP contribution in [0.4, 0.5) is 0 Å². The SMILES string of the molecule is CCCCc1c(C(=O)O)n(-c2ccccc2)c(=O)n1CCc1ccc(-c2ccccc2C(=O)O)cc1. The largest absolute Gasteiger partial charge is 0.478 e. The Labute approximate surface area is 208 Å². The zero-order valence-electron chi connectivity index (χ0n) is 20.1. The highest BCUT2D eigenvalue weighted by Crippen LogP contribution is 2.25. The molecule has 0 spiro atoms. The Morgan fingerprint density at radius 3 is 2.11 bits per heavy atom. The molecule has 4 rings (SSSR count). The summed E-state index contributed by atoms with van der Waals surface area (Å²) in [6.45, 7) is 2.37. The molecule has 3 aromatic carbocycles. The summed E-state index contributed by atoms with van der Waals surface area (Å²) in [5, 5.41) is 19.5. The molecule has 0 aliphatic rings. The number of unbranched alkanes of at least 4 members (excludes halogenated alkanes) is 1. The van der Waals surface area contributed by atoms with Crippen LogP contribution in [0.2, 0.25) is 0 Å². The minimum atomic E-state index is -1.12. The van der Waals surface area contributed by atoms with Crippen LogP contribution in [0.5, 0.6) is 0 Å². The van der Waals surface area contributed by atoms with Gasteiger partial charge in [-0.2, -0.15) is 0 Å². The van der Waals surface area contributed by atoms with Crippen molar-refractivity contribution < 1.29 is 19.8 Å². The first-order valence-electron chi connectivity index (χ1n) is 12.0. The van der Waals surface area contributed by atoms with Crippen LogP contribution >= 0.6 is 0 Å². The topological polar surface area (TPSA) is 102 Å². The molecule has 1 heterocycles. The van der Waals surface area contributed by atoms with E-state index in [0.717, 1.165) is 24.0 Å². The summed E-state index contributed by atoms with van der Waals surface area (Å²) in [6.07, 6.45) is 2.68. The maximum atomic E-state index is 13.4. The van der Waals surface area contributed by atoms with Crippen molar-refractivity contribution in [3.05, 3.63) is 112 Å². The lowest BCUT2D eigenvalue weighted by molar-refractivity contribution is 0.0679. The van der Waals surface area contributed by atoms with Crippen molar-refractivity contribution in [2.24, 2.45) is 0 Å². The summed E-state index contributed by atoms with van der Waals surface area (Å²) in [7, 11) is 0. The third-order valence-electron chi connectivity index (χ3n) is 6.28. The van der Waals surface area contributed by atoms with Crippen molar-refractivity contribution in [2.75, 3.05) is 0 Å². The van der Waals surface area contributed by atoms with Gasteiger partial charge in [0.25, 0.3) is 0 Å². The number of benzene rings is 3. The molecule has 7 nitrogen and oxygen atoms in total. The predicted octanol–water partition coefficient (Wildman–Crippen LogP) is 5.29. The number of carboxylic acids is 2. The first kappa shape index (κ1) is 24.7. The van der Waals surface area contributed by atoms with Gasteiger partial charge in [0.15, 0.2) is 5.69 Å². The molecule has 2 N–H and O–H groups in total. The minimum absolute atomic E-state index is 0.0141. The Hall–Kier alpha value is -4.39. The molecule has 0 unspecified atom stereocenters. The van der Waals surface area contributed by atoms with Crippen LogP contribution in [0, 0.1) is 0 Å². The highest BCUT2D eigenvalue weighted by Gasteiger charge is 2.25. The molecular formula is C29H28N2O5. The first-order valence-corrected chi connectivity index (χ1v) is 12.0. The van der Waals surface area contributed by atoms with Gasteiger partial charge in [0.05, 0.1) is 16.9 Å². The number of aromatic nitrogens is 2. The van der Waals surface area contributed by atoms with Crippen molar-refractivity contribution in [2.45, 2.75) is 39.2 Å². The molecule has 0 aliphatic heterocycles. The summed E-state index contributed by atoms with van der Waals surface area (Å²) in [5.74, 6) is -2.10. The lowest BCUT2D eigenvalue weighted by Crippen LogP contribution is -2.25. The van der Waals surface area contributed by atoms with Crippen LogP contribution in [-0.4, -0.2) is 31.3 Å². The van der Waals surface area contributed by atoms with Crippen LogP contribution in [0.1, 0.15) is 51.9 Å². The molecule has 4 aromatic rings. The van der Waals surface area contributed by atoms with E-state index in [-0.39, 0.29) is 16.9 Å². The zero-order valence-corrected chi connectivity index (χ0v) is 20.1. The average molecular weight is 485 g/mol. The van der Waals surface area contributed by atoms with Crippen LogP contribution in [0.3, 0.4) is 0 Å². The second-order valence-corrected chi connectivity index (χ2v) is 8.61. The van der Waals surface area contributed by atoms with Gasteiger partial charge in [0.2, 0.25) is 0 Å². The molecule has 0 amide bonds. The van der Waals surface area contributed by atoms with E-state index < -0.39 is 11.9 Å². The smallest absolute Gasteiger partial charge is 0.354 e. The zero-order chi connectivity index (χ0) is 25.7. The summed E-state index contributed by atoms with van der Waals surface area (Å²) < 4.78 is 2.87. The molecule has 0 bridgehead atoms. The van der Waals surface area contributed by atoms with Crippen molar-refractivity contribution in [3.63, 3.8) is 0 Å². The van der Waals surface area contributed by atoms with Crippen LogP contribution < -0.4 is 5.69 Å². The minimum Gasteiger partial charge on any atom is -0.478 e. The van der Waals surface area contributed by atoms with Gasteiger partial charge in [-0.15, -0.1) is 0 Å². The Balaban J connectivity index is 1.66. The van der Waals surface area contributed by atoms with Gasteiger partial charge >= 0.3 is 17.6 Å². The standard InChI is InChI=1S/C29H28N2O5/c1-2-3-13-25-26(28(34)35)31(22-9-5-4-6-10-22)29(36)30(25)19-18-20-14-16-21(17-15-20)23-11-7-8-12-24(23)27(32)33/h4-12,14-17H,2-3,13,18-19H2,1H3,(H,32,33)(H,34,35). The van der Waals surface area contributed by atoms with E-state index in [1.807, 2.05) is 37.3 Å². The first-order chi connectivity index (χ1) is 17.4. The van der Waals surface area contributed by atoms with Gasteiger partial charge in [0.1, 0.15) is 0 Å². The molecular weight excluding hydrogens is 456 g/mol. The van der Waals surface area contributed by atoms with E-state index in [9.17, 15) is 24.6 Å². The lowest BCUT2D eigenvalue weighted by atomic mass is 9.98. The number of hydrogen-bond donors (Lipinski definition) is 2. The Morgan fingerprint density at radius 1 is 0.806 bits per heavy atom. The van der Waals surface area contributed by atoms with Crippen molar-refractivity contribution in [1.29, 1.82) is 0 Å². The molecule has 1 aromatic heterocycles. The summed E-state index contributed by atoms with van der Waals surface area (Å²) in [4.78, 5) is 37.3. The number of aromatic carboxylic acids is 2. The van der Waals surface area contributed by atoms with E-state index in [0.29, 0.717) is 36.3 Å². The lowest BCUT2D eigenvalue weighted by Gasteiger charge is -2.10. The number of carboxylic acid groups (broad SMARTS) is 2. The Bertz CT molecular complexity index is 1430. The van der Waals surface area contributed by atoms with Gasteiger partial charge in [-0.1, -0.05) is 74.0 Å². The van der Waals surface area contributed by atoms with E-state index in [4.69, 9.17) is 0 Å². The number of rotatable bonds is 10. The normalized spacial score (nSPS) is 10.9. The second kappa shape index (κ2) is 10.9. The molecule has 7 heteroatoms. The van der Waals surface area contributed by atoms with Crippen LogP contribution in [0.25, 0.3) is 16.8 Å². The van der Waals surface area contributed by atoms with Gasteiger partial charge in [0, 0.05) is 6.54 Å². The van der Waals surface area contributed by atoms with Crippen molar-refractivity contribution in [1.82, 2.24) is 9.13 Å². The van der Waals surface area contributed by atoms with E-state index >= 15 is 0 Å². The van der Waals surface area contributed by atoms with Gasteiger partial charge < -0.3 is 10.2 Å². The molecule has 184 valence electrons. The monoisotopic (exact) mass is 484 g/mol. The Kier molecular flexibility index (Phi) is 7.49. The van der Waals surface area contributed by atoms with Gasteiger partial charge in [-0.05, 0) is 54.2 Å². The number of aryl methyl sites for hydroxylation is 1. The quantitative estimate of drug-likeness (QED) is 0.319. The number of carbonyl (C=O) groups is 2. The Morgan fingerprint density at radius 2 is 1.47 bits per heavy atom. The molecule has 0 aliphatic carbocycles. The van der Waals surface area contributed by atoms with Crippen LogP contribution in [0.15, 0.2) is 83.7 Å². The summed E-state index contributed by atoms with van der Waals surface area (Å²) in [6, 6.07) is 23.3. The average Bonchev–Trinajstić information content (AvgIpc) is 3.18. The predicted molar refractivity (Wildman–Crippen MR) is 138 cm³/mol. The fraction of sp³-hybridized carbons (Fsp3) is 0.207. The fourth-order valence-corrected chi connectivity index (χ4v) is 4.47. The van der Waals surface area contributed by atoms with E-state index in [2.05, 4.69) is 0 Å². The maximum Gasteiger partial charge on any atom is 0.354 e. The van der Waals surface area contributed by atoms with Gasteiger partial charge in [-0.25, -0.2) is 14.4 Å². The van der Waals surface area contributed by atoms with E-state index in [1.165, 1.54) is 4.57 Å². The molecule has 0 radical (unpaired) electrons. The highest BCUT2D eigenvalue weighted by molar-refractivity contribution is 5.96. The fourth-order valence-electron chi connectivity index (χ4n) is 4.47. The molecule has 0 saturated heterocycles.